The molecule has 1 aliphatic rings. The van der Waals surface area contributed by atoms with E-state index in [2.05, 4.69) is 41.1 Å². The summed E-state index contributed by atoms with van der Waals surface area (Å²) in [6.45, 7) is 2.91. The molecule has 1 aliphatic carbocycles. The second-order valence-corrected chi connectivity index (χ2v) is 7.04. The lowest BCUT2D eigenvalue weighted by Gasteiger charge is -2.35. The van der Waals surface area contributed by atoms with Crippen molar-refractivity contribution in [2.45, 2.75) is 38.6 Å². The van der Waals surface area contributed by atoms with Crippen molar-refractivity contribution in [1.82, 2.24) is 9.88 Å². The van der Waals surface area contributed by atoms with Gasteiger partial charge in [0, 0.05) is 24.2 Å². The van der Waals surface area contributed by atoms with Crippen molar-refractivity contribution in [3.8, 4) is 0 Å². The molecule has 3 heteroatoms. The van der Waals surface area contributed by atoms with E-state index in [-0.39, 0.29) is 11.9 Å². The SMILES string of the molecule is CCCN(C(=O)c1nccc2ccccc12)C1CCc2ccccc2C1. The van der Waals surface area contributed by atoms with Gasteiger partial charge in [-0.05, 0) is 48.3 Å². The molecule has 0 spiro atoms. The van der Waals surface area contributed by atoms with Gasteiger partial charge in [0.15, 0.2) is 0 Å². The fourth-order valence-electron chi connectivity index (χ4n) is 4.06. The van der Waals surface area contributed by atoms with Crippen LogP contribution in [0, 0.1) is 0 Å². The number of hydrogen-bond acceptors (Lipinski definition) is 2. The van der Waals surface area contributed by atoms with Gasteiger partial charge in [-0.3, -0.25) is 9.78 Å². The molecule has 0 saturated carbocycles. The Morgan fingerprint density at radius 2 is 1.85 bits per heavy atom. The second kappa shape index (κ2) is 7.28. The minimum atomic E-state index is 0.0630. The monoisotopic (exact) mass is 344 g/mol. The number of aryl methyl sites for hydroxylation is 1. The summed E-state index contributed by atoms with van der Waals surface area (Å²) in [7, 11) is 0. The van der Waals surface area contributed by atoms with Crippen molar-refractivity contribution in [2.75, 3.05) is 6.54 Å². The number of rotatable bonds is 4. The summed E-state index contributed by atoms with van der Waals surface area (Å²) in [5, 5.41) is 2.01. The van der Waals surface area contributed by atoms with Crippen LogP contribution in [0.1, 0.15) is 41.4 Å². The zero-order chi connectivity index (χ0) is 17.9. The molecule has 2 aromatic carbocycles. The van der Waals surface area contributed by atoms with E-state index < -0.39 is 0 Å². The molecule has 1 unspecified atom stereocenters. The van der Waals surface area contributed by atoms with Gasteiger partial charge in [0.05, 0.1) is 0 Å². The van der Waals surface area contributed by atoms with Gasteiger partial charge in [0.1, 0.15) is 5.69 Å². The average molecular weight is 344 g/mol. The molecular formula is C23H24N2O. The fraction of sp³-hybridized carbons (Fsp3) is 0.304. The predicted molar refractivity (Wildman–Crippen MR) is 105 cm³/mol. The molecule has 0 N–H and O–H groups in total. The van der Waals surface area contributed by atoms with E-state index in [1.54, 1.807) is 6.20 Å². The Hall–Kier alpha value is -2.68. The van der Waals surface area contributed by atoms with Crippen LogP contribution in [0.25, 0.3) is 10.8 Å². The lowest BCUT2D eigenvalue weighted by Crippen LogP contribution is -2.44. The zero-order valence-electron chi connectivity index (χ0n) is 15.2. The van der Waals surface area contributed by atoms with Crippen LogP contribution in [0.3, 0.4) is 0 Å². The Morgan fingerprint density at radius 3 is 2.69 bits per heavy atom. The molecule has 0 saturated heterocycles. The molecule has 3 nitrogen and oxygen atoms in total. The molecule has 0 fully saturated rings. The largest absolute Gasteiger partial charge is 0.334 e. The summed E-state index contributed by atoms with van der Waals surface area (Å²) in [5.41, 5.74) is 3.38. The summed E-state index contributed by atoms with van der Waals surface area (Å²) in [5.74, 6) is 0.0630. The quantitative estimate of drug-likeness (QED) is 0.690. The summed E-state index contributed by atoms with van der Waals surface area (Å²) in [4.78, 5) is 19.9. The number of fused-ring (bicyclic) bond motifs is 2. The van der Waals surface area contributed by atoms with Crippen molar-refractivity contribution in [1.29, 1.82) is 0 Å². The van der Waals surface area contributed by atoms with Gasteiger partial charge in [0.25, 0.3) is 5.91 Å². The van der Waals surface area contributed by atoms with Crippen LogP contribution in [0.4, 0.5) is 0 Å². The summed E-state index contributed by atoms with van der Waals surface area (Å²) >= 11 is 0. The van der Waals surface area contributed by atoms with Crippen molar-refractivity contribution in [2.24, 2.45) is 0 Å². The summed E-state index contributed by atoms with van der Waals surface area (Å²) in [6, 6.07) is 18.8. The molecule has 1 atom stereocenters. The Kier molecular flexibility index (Phi) is 4.70. The second-order valence-electron chi connectivity index (χ2n) is 7.04. The maximum atomic E-state index is 13.4. The molecular weight excluding hydrogens is 320 g/mol. The lowest BCUT2D eigenvalue weighted by atomic mass is 9.87. The third-order valence-corrected chi connectivity index (χ3v) is 5.36. The number of nitrogens with zero attached hydrogens (tertiary/aromatic N) is 2. The Labute approximate surface area is 154 Å². The molecule has 0 aliphatic heterocycles. The number of hydrogen-bond donors (Lipinski definition) is 0. The van der Waals surface area contributed by atoms with Gasteiger partial charge < -0.3 is 4.90 Å². The Morgan fingerprint density at radius 1 is 1.08 bits per heavy atom. The van der Waals surface area contributed by atoms with E-state index in [1.807, 2.05) is 30.3 Å². The van der Waals surface area contributed by atoms with Gasteiger partial charge in [-0.1, -0.05) is 55.5 Å². The lowest BCUT2D eigenvalue weighted by molar-refractivity contribution is 0.0658. The fourth-order valence-corrected chi connectivity index (χ4v) is 4.06. The molecule has 1 amide bonds. The Balaban J connectivity index is 1.67. The topological polar surface area (TPSA) is 33.2 Å². The zero-order valence-corrected chi connectivity index (χ0v) is 15.2. The first-order chi connectivity index (χ1) is 12.8. The average Bonchev–Trinajstić information content (AvgIpc) is 2.71. The first kappa shape index (κ1) is 16.8. The van der Waals surface area contributed by atoms with Gasteiger partial charge >= 0.3 is 0 Å². The number of pyridine rings is 1. The van der Waals surface area contributed by atoms with Crippen LogP contribution in [-0.4, -0.2) is 28.4 Å². The van der Waals surface area contributed by atoms with Crippen LogP contribution in [0.5, 0.6) is 0 Å². The highest BCUT2D eigenvalue weighted by Gasteiger charge is 2.29. The van der Waals surface area contributed by atoms with Crippen LogP contribution in [0.2, 0.25) is 0 Å². The number of benzene rings is 2. The van der Waals surface area contributed by atoms with Gasteiger partial charge in [-0.15, -0.1) is 0 Å². The smallest absolute Gasteiger partial charge is 0.273 e. The van der Waals surface area contributed by atoms with Crippen LogP contribution >= 0.6 is 0 Å². The number of aromatic nitrogens is 1. The molecule has 4 rings (SSSR count). The molecule has 0 radical (unpaired) electrons. The van der Waals surface area contributed by atoms with Gasteiger partial charge in [-0.2, -0.15) is 0 Å². The van der Waals surface area contributed by atoms with Crippen molar-refractivity contribution < 1.29 is 4.79 Å². The van der Waals surface area contributed by atoms with Crippen molar-refractivity contribution >= 4 is 16.7 Å². The standard InChI is InChI=1S/C23H24N2O/c1-2-15-25(20-12-11-17-7-3-4-9-19(17)16-20)23(26)22-21-10-6-5-8-18(21)13-14-24-22/h3-10,13-14,20H,2,11-12,15-16H2,1H3. The predicted octanol–water partition coefficient (Wildman–Crippen LogP) is 4.64. The first-order valence-corrected chi connectivity index (χ1v) is 9.49. The maximum absolute atomic E-state index is 13.4. The van der Waals surface area contributed by atoms with Crippen LogP contribution in [-0.2, 0) is 12.8 Å². The highest BCUT2D eigenvalue weighted by molar-refractivity contribution is 6.05. The third kappa shape index (κ3) is 3.10. The van der Waals surface area contributed by atoms with E-state index in [0.717, 1.165) is 43.0 Å². The van der Waals surface area contributed by atoms with Crippen LogP contribution in [0.15, 0.2) is 60.8 Å². The minimum Gasteiger partial charge on any atom is -0.334 e. The van der Waals surface area contributed by atoms with Crippen molar-refractivity contribution in [3.05, 3.63) is 77.6 Å². The molecule has 26 heavy (non-hydrogen) atoms. The van der Waals surface area contributed by atoms with Crippen molar-refractivity contribution in [3.63, 3.8) is 0 Å². The number of carbonyl (C=O) groups is 1. The van der Waals surface area contributed by atoms with E-state index in [9.17, 15) is 4.79 Å². The number of carbonyl (C=O) groups excluding carboxylic acids is 1. The van der Waals surface area contributed by atoms with E-state index in [1.165, 1.54) is 11.1 Å². The third-order valence-electron chi connectivity index (χ3n) is 5.36. The van der Waals surface area contributed by atoms with E-state index in [4.69, 9.17) is 0 Å². The molecule has 1 heterocycles. The molecule has 3 aromatic rings. The highest BCUT2D eigenvalue weighted by atomic mass is 16.2. The first-order valence-electron chi connectivity index (χ1n) is 9.49. The molecule has 1 aromatic heterocycles. The summed E-state index contributed by atoms with van der Waals surface area (Å²) in [6.07, 6.45) is 5.70. The summed E-state index contributed by atoms with van der Waals surface area (Å²) < 4.78 is 0. The van der Waals surface area contributed by atoms with Crippen LogP contribution < -0.4 is 0 Å². The molecule has 0 bridgehead atoms. The van der Waals surface area contributed by atoms with Gasteiger partial charge in [-0.25, -0.2) is 0 Å². The van der Waals surface area contributed by atoms with E-state index >= 15 is 0 Å². The highest BCUT2D eigenvalue weighted by Crippen LogP contribution is 2.27. The number of amides is 1. The minimum absolute atomic E-state index is 0.0630. The maximum Gasteiger partial charge on any atom is 0.273 e. The Bertz CT molecular complexity index is 929. The molecule has 132 valence electrons. The van der Waals surface area contributed by atoms with E-state index in [0.29, 0.717) is 5.69 Å². The van der Waals surface area contributed by atoms with Gasteiger partial charge in [0.2, 0.25) is 0 Å². The normalized spacial score (nSPS) is 16.3.